The van der Waals surface area contributed by atoms with Crippen LogP contribution in [-0.2, 0) is 0 Å². The van der Waals surface area contributed by atoms with Crippen LogP contribution in [0.4, 0.5) is 0 Å². The van der Waals surface area contributed by atoms with Gasteiger partial charge in [0, 0.05) is 0 Å². The Morgan fingerprint density at radius 2 is 1.62 bits per heavy atom. The molecule has 2 fully saturated rings. The molecule has 0 amide bonds. The highest BCUT2D eigenvalue weighted by atomic mass is 13.9. The number of hydrogen-bond acceptors (Lipinski definition) is 0. The summed E-state index contributed by atoms with van der Waals surface area (Å²) in [5.41, 5.74) is 0. The Kier molecular flexibility index (Phi) is 1.16. The molecule has 0 nitrogen and oxygen atoms in total. The van der Waals surface area contributed by atoms with Crippen molar-refractivity contribution in [3.05, 3.63) is 0 Å². The summed E-state index contributed by atoms with van der Waals surface area (Å²) in [5.74, 6) is 0. The van der Waals surface area contributed by atoms with Gasteiger partial charge >= 0.3 is 0 Å². The van der Waals surface area contributed by atoms with Crippen LogP contribution in [0.25, 0.3) is 0 Å². The summed E-state index contributed by atoms with van der Waals surface area (Å²) in [7, 11) is 2.48. The first-order valence-corrected chi connectivity index (χ1v) is 3.78. The maximum absolute atomic E-state index is 2.48. The van der Waals surface area contributed by atoms with Crippen molar-refractivity contribution in [1.29, 1.82) is 0 Å². The Balaban J connectivity index is 2.04. The van der Waals surface area contributed by atoms with Crippen LogP contribution in [0, 0.1) is 0 Å². The predicted octanol–water partition coefficient (Wildman–Crippen LogP) is 1.09. The van der Waals surface area contributed by atoms with E-state index in [1.165, 1.54) is 31.5 Å². The molecule has 0 aromatic rings. The molecule has 0 aliphatic carbocycles. The molecule has 2 aliphatic heterocycles. The zero-order chi connectivity index (χ0) is 5.40. The van der Waals surface area contributed by atoms with E-state index in [-0.39, 0.29) is 0 Å². The highest BCUT2D eigenvalue weighted by Crippen LogP contribution is 2.28. The largest absolute Gasteiger partial charge is 0.107 e. The minimum Gasteiger partial charge on any atom is -0.107 e. The van der Waals surface area contributed by atoms with E-state index in [0.29, 0.717) is 0 Å². The van der Waals surface area contributed by atoms with E-state index in [9.17, 15) is 0 Å². The van der Waals surface area contributed by atoms with Gasteiger partial charge in [0.05, 0.1) is 7.28 Å². The first-order valence-electron chi connectivity index (χ1n) is 3.78. The number of hydrogen-bond donors (Lipinski definition) is 0. The first kappa shape index (κ1) is 5.02. The van der Waals surface area contributed by atoms with Crippen molar-refractivity contribution in [2.45, 2.75) is 31.5 Å². The molecule has 0 atom stereocenters. The third kappa shape index (κ3) is 0.637. The Labute approximate surface area is 52.8 Å². The van der Waals surface area contributed by atoms with E-state index in [4.69, 9.17) is 0 Å². The topological polar surface area (TPSA) is 0 Å². The van der Waals surface area contributed by atoms with Crippen LogP contribution in [0.5, 0.6) is 0 Å². The highest BCUT2D eigenvalue weighted by Gasteiger charge is 2.36. The van der Waals surface area contributed by atoms with Gasteiger partial charge in [-0.15, -0.1) is 12.4 Å². The molecule has 39 valence electrons. The highest BCUT2D eigenvalue weighted by molar-refractivity contribution is 7.30. The quantitative estimate of drug-likeness (QED) is 0.402. The van der Waals surface area contributed by atoms with Gasteiger partial charge in [0.25, 0.3) is 0 Å². The average Bonchev–Trinajstić information content (AvgIpc) is 2.15. The second-order valence-corrected chi connectivity index (χ2v) is 3.21. The smallest absolute Gasteiger partial charge is 0.100 e. The summed E-state index contributed by atoms with van der Waals surface area (Å²) >= 11 is 0. The molecule has 0 spiro atoms. The zero-order valence-electron chi connectivity index (χ0n) is 5.27. The van der Waals surface area contributed by atoms with E-state index in [0.717, 1.165) is 13.2 Å². The molecule has 0 unspecified atom stereocenters. The van der Waals surface area contributed by atoms with Crippen LogP contribution in [0.3, 0.4) is 0 Å². The normalized spacial score (nSPS) is 26.0. The van der Waals surface area contributed by atoms with Gasteiger partial charge in [-0.05, 0) is 0 Å². The lowest BCUT2D eigenvalue weighted by Crippen LogP contribution is -2.21. The van der Waals surface area contributed by atoms with E-state index >= 15 is 0 Å². The van der Waals surface area contributed by atoms with Crippen molar-refractivity contribution in [2.24, 2.45) is 0 Å². The average molecular weight is 103 g/mol. The van der Waals surface area contributed by atoms with Crippen LogP contribution in [0.15, 0.2) is 0 Å². The van der Waals surface area contributed by atoms with Gasteiger partial charge in [0.2, 0.25) is 0 Å². The van der Waals surface area contributed by atoms with Crippen molar-refractivity contribution in [2.75, 3.05) is 0 Å². The Morgan fingerprint density at radius 1 is 1.00 bits per heavy atom. The molecule has 8 heavy (non-hydrogen) atoms. The molecular weight excluding hydrogens is 92.5 g/mol. The fourth-order valence-corrected chi connectivity index (χ4v) is 2.26. The molecule has 0 saturated carbocycles. The summed E-state index contributed by atoms with van der Waals surface area (Å²) < 4.78 is 0. The number of rotatable bonds is 0. The lowest BCUT2D eigenvalue weighted by atomic mass is 9.12. The summed E-state index contributed by atoms with van der Waals surface area (Å²) in [6, 6.07) is 0. The molecule has 2 aliphatic rings. The van der Waals surface area contributed by atoms with Gasteiger partial charge < -0.3 is 0 Å². The summed E-state index contributed by atoms with van der Waals surface area (Å²) in [6.45, 7) is 2.24. The van der Waals surface area contributed by atoms with E-state index in [1.807, 2.05) is 0 Å². The van der Waals surface area contributed by atoms with Crippen LogP contribution >= 0.6 is 0 Å². The minimum absolute atomic E-state index is 1.12. The molecule has 0 aromatic carbocycles. The monoisotopic (exact) mass is 103 g/mol. The molecule has 0 N–H and O–H groups in total. The van der Waals surface area contributed by atoms with Crippen molar-refractivity contribution in [3.8, 4) is 0 Å². The van der Waals surface area contributed by atoms with E-state index < -0.39 is 0 Å². The fourth-order valence-electron chi connectivity index (χ4n) is 2.26. The molecule has 0 bridgehead atoms. The van der Waals surface area contributed by atoms with Crippen molar-refractivity contribution in [3.63, 3.8) is 0 Å². The molecular formula is C5H10B3. The van der Waals surface area contributed by atoms with Crippen LogP contribution in [-0.4, -0.2) is 20.5 Å². The summed E-state index contributed by atoms with van der Waals surface area (Å²) in [6.07, 6.45) is 7.45. The first-order chi connectivity index (χ1) is 3.97. The summed E-state index contributed by atoms with van der Waals surface area (Å²) in [4.78, 5) is 0. The Bertz CT molecular complexity index is 73.7. The van der Waals surface area contributed by atoms with Crippen LogP contribution in [0.2, 0.25) is 25.1 Å². The lowest BCUT2D eigenvalue weighted by Gasteiger charge is -1.97. The Hall–Kier alpha value is 0.195. The van der Waals surface area contributed by atoms with Gasteiger partial charge in [0.1, 0.15) is 13.2 Å². The predicted molar refractivity (Wildman–Crippen MR) is 41.1 cm³/mol. The third-order valence-corrected chi connectivity index (χ3v) is 2.76. The second-order valence-electron chi connectivity index (χ2n) is 3.21. The van der Waals surface area contributed by atoms with Gasteiger partial charge in [-0.25, -0.2) is 0 Å². The maximum Gasteiger partial charge on any atom is 0.100 e. The molecule has 0 aromatic heterocycles. The zero-order valence-corrected chi connectivity index (χ0v) is 5.27. The number of fused-ring (bicyclic) bond motifs is 1. The molecule has 1 radical (unpaired) electrons. The van der Waals surface area contributed by atoms with E-state index in [1.54, 1.807) is 0 Å². The molecule has 2 rings (SSSR count). The maximum atomic E-state index is 2.48. The second kappa shape index (κ2) is 1.86. The SMILES string of the molecule is [B]1CB2CCCB2C1. The molecule has 2 saturated heterocycles. The van der Waals surface area contributed by atoms with Gasteiger partial charge in [-0.2, -0.15) is 0 Å². The van der Waals surface area contributed by atoms with E-state index in [2.05, 4.69) is 7.28 Å². The van der Waals surface area contributed by atoms with Gasteiger partial charge in [0.15, 0.2) is 0 Å². The molecule has 2 heterocycles. The molecule has 3 heteroatoms. The van der Waals surface area contributed by atoms with Gasteiger partial charge in [-0.1, -0.05) is 19.1 Å². The summed E-state index contributed by atoms with van der Waals surface area (Å²) in [5, 5.41) is 0. The fraction of sp³-hybridized carbons (Fsp3) is 1.00. The van der Waals surface area contributed by atoms with Crippen LogP contribution in [0.1, 0.15) is 6.42 Å². The standard InChI is InChI=1S/C5H10B3/c1-2-7-4-6-5-8(7)3-1/h1-5H2. The lowest BCUT2D eigenvalue weighted by molar-refractivity contribution is 1.08. The van der Waals surface area contributed by atoms with Gasteiger partial charge in [-0.3, -0.25) is 0 Å². The third-order valence-electron chi connectivity index (χ3n) is 2.76. The Morgan fingerprint density at radius 3 is 2.25 bits per heavy atom. The van der Waals surface area contributed by atoms with Crippen molar-refractivity contribution < 1.29 is 0 Å². The minimum atomic E-state index is 1.12. The van der Waals surface area contributed by atoms with Crippen molar-refractivity contribution in [1.82, 2.24) is 0 Å². The van der Waals surface area contributed by atoms with Crippen molar-refractivity contribution >= 4 is 20.5 Å². The van der Waals surface area contributed by atoms with Crippen LogP contribution < -0.4 is 0 Å².